The van der Waals surface area contributed by atoms with Crippen molar-refractivity contribution in [1.82, 2.24) is 19.7 Å². The fourth-order valence-electron chi connectivity index (χ4n) is 2.85. The van der Waals surface area contributed by atoms with E-state index in [9.17, 15) is 0 Å². The van der Waals surface area contributed by atoms with E-state index in [1.54, 1.807) is 6.20 Å². The van der Waals surface area contributed by atoms with Gasteiger partial charge in [0.2, 0.25) is 0 Å². The van der Waals surface area contributed by atoms with Crippen molar-refractivity contribution in [3.05, 3.63) is 35.8 Å². The van der Waals surface area contributed by atoms with Gasteiger partial charge in [-0.2, -0.15) is 10.4 Å². The highest BCUT2D eigenvalue weighted by atomic mass is 16.3. The molecular weight excluding hydrogens is 266 g/mol. The van der Waals surface area contributed by atoms with Gasteiger partial charge in [0.1, 0.15) is 11.8 Å². The first-order chi connectivity index (χ1) is 10.2. The third-order valence-electron chi connectivity index (χ3n) is 3.92. The average Bonchev–Trinajstić information content (AvgIpc) is 3.18. The van der Waals surface area contributed by atoms with Crippen LogP contribution >= 0.6 is 0 Å². The minimum atomic E-state index is 0.335. The van der Waals surface area contributed by atoms with E-state index in [-0.39, 0.29) is 0 Å². The summed E-state index contributed by atoms with van der Waals surface area (Å²) in [6.45, 7) is 6.98. The van der Waals surface area contributed by atoms with Crippen LogP contribution in [0.25, 0.3) is 0 Å². The molecule has 1 fully saturated rings. The van der Waals surface area contributed by atoms with Gasteiger partial charge in [-0.3, -0.25) is 9.58 Å². The van der Waals surface area contributed by atoms with Gasteiger partial charge in [-0.15, -0.1) is 0 Å². The molecule has 2 aromatic heterocycles. The summed E-state index contributed by atoms with van der Waals surface area (Å²) < 4.78 is 7.38. The molecule has 0 radical (unpaired) electrons. The molecule has 6 nitrogen and oxygen atoms in total. The molecule has 0 aliphatic carbocycles. The fourth-order valence-corrected chi connectivity index (χ4v) is 2.85. The third kappa shape index (κ3) is 2.83. The molecule has 1 atom stereocenters. The zero-order valence-electron chi connectivity index (χ0n) is 12.4. The van der Waals surface area contributed by atoms with Gasteiger partial charge in [0.25, 0.3) is 0 Å². The first kappa shape index (κ1) is 13.8. The molecule has 1 saturated heterocycles. The smallest absolute Gasteiger partial charge is 0.181 e. The second-order valence-corrected chi connectivity index (χ2v) is 5.82. The summed E-state index contributed by atoms with van der Waals surface area (Å²) in [4.78, 5) is 6.71. The maximum Gasteiger partial charge on any atom is 0.181 e. The summed E-state index contributed by atoms with van der Waals surface area (Å²) in [5.41, 5.74) is 1.65. The number of aromatic nitrogens is 3. The van der Waals surface area contributed by atoms with Gasteiger partial charge in [0.05, 0.1) is 23.5 Å². The molecule has 0 aromatic carbocycles. The SMILES string of the molecule is CC(C)c1ocnc1CN1CCC(n2cc(C#N)cn2)C1. The van der Waals surface area contributed by atoms with E-state index in [0.29, 0.717) is 17.5 Å². The van der Waals surface area contributed by atoms with Gasteiger partial charge in [0, 0.05) is 31.7 Å². The zero-order chi connectivity index (χ0) is 14.8. The molecule has 3 rings (SSSR count). The minimum absolute atomic E-state index is 0.335. The lowest BCUT2D eigenvalue weighted by molar-refractivity contribution is 0.305. The Bertz CT molecular complexity index is 651. The Morgan fingerprint density at radius 1 is 1.52 bits per heavy atom. The predicted molar refractivity (Wildman–Crippen MR) is 76.5 cm³/mol. The highest BCUT2D eigenvalue weighted by molar-refractivity contribution is 5.22. The van der Waals surface area contributed by atoms with Crippen molar-refractivity contribution in [2.45, 2.75) is 38.8 Å². The second kappa shape index (κ2) is 5.70. The molecule has 0 N–H and O–H groups in total. The van der Waals surface area contributed by atoms with E-state index in [1.807, 2.05) is 10.9 Å². The van der Waals surface area contributed by atoms with E-state index in [1.165, 1.54) is 6.39 Å². The monoisotopic (exact) mass is 285 g/mol. The normalized spacial score (nSPS) is 19.2. The number of hydrogen-bond donors (Lipinski definition) is 0. The molecule has 3 heterocycles. The Kier molecular flexibility index (Phi) is 3.76. The van der Waals surface area contributed by atoms with Crippen LogP contribution in [0, 0.1) is 11.3 Å². The third-order valence-corrected chi connectivity index (χ3v) is 3.92. The predicted octanol–water partition coefficient (Wildman–Crippen LogP) is 2.31. The number of likely N-dealkylation sites (tertiary alicyclic amines) is 1. The summed E-state index contributed by atoms with van der Waals surface area (Å²) in [6.07, 6.45) is 6.02. The Balaban J connectivity index is 1.65. The van der Waals surface area contributed by atoms with E-state index in [4.69, 9.17) is 9.68 Å². The molecule has 0 amide bonds. The molecule has 1 aliphatic rings. The minimum Gasteiger partial charge on any atom is -0.448 e. The Labute approximate surface area is 124 Å². The maximum absolute atomic E-state index is 8.87. The Morgan fingerprint density at radius 2 is 2.38 bits per heavy atom. The molecule has 110 valence electrons. The van der Waals surface area contributed by atoms with Gasteiger partial charge in [-0.1, -0.05) is 13.8 Å². The van der Waals surface area contributed by atoms with Crippen LogP contribution in [-0.4, -0.2) is 32.8 Å². The van der Waals surface area contributed by atoms with Crippen molar-refractivity contribution in [2.24, 2.45) is 0 Å². The quantitative estimate of drug-likeness (QED) is 0.862. The number of oxazole rings is 1. The van der Waals surface area contributed by atoms with E-state index < -0.39 is 0 Å². The van der Waals surface area contributed by atoms with Crippen LogP contribution in [0.2, 0.25) is 0 Å². The number of rotatable bonds is 4. The molecule has 6 heteroatoms. The molecule has 0 bridgehead atoms. The lowest BCUT2D eigenvalue weighted by atomic mass is 10.1. The van der Waals surface area contributed by atoms with Crippen LogP contribution in [0.5, 0.6) is 0 Å². The van der Waals surface area contributed by atoms with E-state index >= 15 is 0 Å². The van der Waals surface area contributed by atoms with Crippen LogP contribution < -0.4 is 0 Å². The summed E-state index contributed by atoms with van der Waals surface area (Å²) in [7, 11) is 0. The van der Waals surface area contributed by atoms with Gasteiger partial charge in [-0.05, 0) is 6.42 Å². The summed E-state index contributed by atoms with van der Waals surface area (Å²) in [5, 5.41) is 13.1. The first-order valence-electron chi connectivity index (χ1n) is 7.26. The summed E-state index contributed by atoms with van der Waals surface area (Å²) >= 11 is 0. The van der Waals surface area contributed by atoms with Crippen LogP contribution in [-0.2, 0) is 6.54 Å². The molecule has 1 unspecified atom stereocenters. The van der Waals surface area contributed by atoms with Gasteiger partial charge in [0.15, 0.2) is 6.39 Å². The van der Waals surface area contributed by atoms with Gasteiger partial charge >= 0.3 is 0 Å². The van der Waals surface area contributed by atoms with Crippen LogP contribution in [0.1, 0.15) is 49.2 Å². The first-order valence-corrected chi connectivity index (χ1v) is 7.26. The Hall–Kier alpha value is -2.13. The highest BCUT2D eigenvalue weighted by Crippen LogP contribution is 2.25. The standard InChI is InChI=1S/C15H19N5O/c1-11(2)15-14(17-10-21-15)9-19-4-3-13(8-19)20-7-12(5-16)6-18-20/h6-7,10-11,13H,3-4,8-9H2,1-2H3. The molecule has 21 heavy (non-hydrogen) atoms. The number of hydrogen-bond acceptors (Lipinski definition) is 5. The highest BCUT2D eigenvalue weighted by Gasteiger charge is 2.26. The zero-order valence-corrected chi connectivity index (χ0v) is 12.4. The molecular formula is C15H19N5O. The summed E-state index contributed by atoms with van der Waals surface area (Å²) in [5.74, 6) is 1.33. The van der Waals surface area contributed by atoms with Gasteiger partial charge < -0.3 is 4.42 Å². The van der Waals surface area contributed by atoms with Gasteiger partial charge in [-0.25, -0.2) is 4.98 Å². The number of nitriles is 1. The topological polar surface area (TPSA) is 70.9 Å². The van der Waals surface area contributed by atoms with Crippen molar-refractivity contribution >= 4 is 0 Å². The van der Waals surface area contributed by atoms with Crippen molar-refractivity contribution in [3.8, 4) is 6.07 Å². The summed E-state index contributed by atoms with van der Waals surface area (Å²) in [6, 6.07) is 2.45. The molecule has 1 aliphatic heterocycles. The molecule has 2 aromatic rings. The van der Waals surface area contributed by atoms with E-state index in [0.717, 1.165) is 37.5 Å². The lowest BCUT2D eigenvalue weighted by Crippen LogP contribution is -2.22. The van der Waals surface area contributed by atoms with Crippen molar-refractivity contribution in [2.75, 3.05) is 13.1 Å². The molecule has 0 spiro atoms. The van der Waals surface area contributed by atoms with Crippen molar-refractivity contribution in [3.63, 3.8) is 0 Å². The maximum atomic E-state index is 8.87. The van der Waals surface area contributed by atoms with Crippen LogP contribution in [0.15, 0.2) is 23.2 Å². The largest absolute Gasteiger partial charge is 0.448 e. The number of nitrogens with zero attached hydrogens (tertiary/aromatic N) is 5. The van der Waals surface area contributed by atoms with E-state index in [2.05, 4.69) is 34.9 Å². The average molecular weight is 285 g/mol. The Morgan fingerprint density at radius 3 is 3.10 bits per heavy atom. The van der Waals surface area contributed by atoms with Crippen LogP contribution in [0.4, 0.5) is 0 Å². The fraction of sp³-hybridized carbons (Fsp3) is 0.533. The van der Waals surface area contributed by atoms with Crippen molar-refractivity contribution < 1.29 is 4.42 Å². The van der Waals surface area contributed by atoms with Crippen molar-refractivity contribution in [1.29, 1.82) is 5.26 Å². The second-order valence-electron chi connectivity index (χ2n) is 5.82. The lowest BCUT2D eigenvalue weighted by Gasteiger charge is -2.16. The molecule has 0 saturated carbocycles. The van der Waals surface area contributed by atoms with Crippen LogP contribution in [0.3, 0.4) is 0 Å².